The fourth-order valence-electron chi connectivity index (χ4n) is 2.49. The second-order valence-corrected chi connectivity index (χ2v) is 4.87. The maximum atomic E-state index is 11.8. The average molecular weight is 236 g/mol. The molecule has 0 bridgehead atoms. The van der Waals surface area contributed by atoms with Crippen molar-refractivity contribution in [2.45, 2.75) is 45.2 Å². The minimum Gasteiger partial charge on any atom is -0.396 e. The Hall–Kier alpha value is -1.52. The number of hydrogen-bond donors (Lipinski definition) is 2. The molecule has 2 rings (SSSR count). The first-order valence-corrected chi connectivity index (χ1v) is 6.22. The van der Waals surface area contributed by atoms with Gasteiger partial charge in [-0.15, -0.1) is 0 Å². The van der Waals surface area contributed by atoms with E-state index in [0.29, 0.717) is 11.6 Å². The Balaban J connectivity index is 1.80. The topological polar surface area (TPSA) is 72.9 Å². The van der Waals surface area contributed by atoms with Gasteiger partial charge in [0.15, 0.2) is 0 Å². The van der Waals surface area contributed by atoms with Gasteiger partial charge in [-0.25, -0.2) is 0 Å². The van der Waals surface area contributed by atoms with Crippen molar-refractivity contribution >= 4 is 11.6 Å². The van der Waals surface area contributed by atoms with Crippen LogP contribution in [-0.4, -0.2) is 21.7 Å². The van der Waals surface area contributed by atoms with Crippen LogP contribution in [-0.2, 0) is 11.3 Å². The number of carbonyl (C=O) groups excluding carboxylic acids is 1. The molecular formula is C12H20N4O. The van der Waals surface area contributed by atoms with Gasteiger partial charge in [0.1, 0.15) is 6.54 Å². The summed E-state index contributed by atoms with van der Waals surface area (Å²) >= 11 is 0. The third-order valence-electron chi connectivity index (χ3n) is 3.45. The first kappa shape index (κ1) is 12.0. The zero-order valence-electron chi connectivity index (χ0n) is 10.2. The van der Waals surface area contributed by atoms with Gasteiger partial charge in [-0.1, -0.05) is 12.8 Å². The van der Waals surface area contributed by atoms with E-state index >= 15 is 0 Å². The van der Waals surface area contributed by atoms with Crippen molar-refractivity contribution < 1.29 is 4.79 Å². The molecule has 1 heterocycles. The minimum atomic E-state index is 0.00694. The Kier molecular flexibility index (Phi) is 3.66. The molecule has 3 N–H and O–H groups in total. The van der Waals surface area contributed by atoms with Crippen LogP contribution in [0.5, 0.6) is 0 Å². The van der Waals surface area contributed by atoms with Crippen molar-refractivity contribution in [2.75, 3.05) is 5.73 Å². The Labute approximate surface area is 101 Å². The lowest BCUT2D eigenvalue weighted by molar-refractivity contribution is -0.122. The number of rotatable bonds is 4. The van der Waals surface area contributed by atoms with Crippen molar-refractivity contribution in [1.82, 2.24) is 15.1 Å². The fraction of sp³-hybridized carbons (Fsp3) is 0.667. The molecule has 1 aliphatic rings. The van der Waals surface area contributed by atoms with Crippen LogP contribution in [0.2, 0.25) is 0 Å². The van der Waals surface area contributed by atoms with Crippen molar-refractivity contribution in [2.24, 2.45) is 5.92 Å². The van der Waals surface area contributed by atoms with Crippen molar-refractivity contribution in [3.8, 4) is 0 Å². The van der Waals surface area contributed by atoms with E-state index < -0.39 is 0 Å². The molecule has 1 aromatic heterocycles. The summed E-state index contributed by atoms with van der Waals surface area (Å²) in [5, 5.41) is 7.03. The zero-order chi connectivity index (χ0) is 12.3. The molecule has 94 valence electrons. The van der Waals surface area contributed by atoms with E-state index in [-0.39, 0.29) is 18.5 Å². The Morgan fingerprint density at radius 2 is 2.35 bits per heavy atom. The second-order valence-electron chi connectivity index (χ2n) is 4.87. The van der Waals surface area contributed by atoms with Gasteiger partial charge in [0.25, 0.3) is 0 Å². The number of hydrogen-bond acceptors (Lipinski definition) is 3. The lowest BCUT2D eigenvalue weighted by Gasteiger charge is -2.20. The number of nitrogens with one attached hydrogen (secondary N) is 1. The van der Waals surface area contributed by atoms with Crippen LogP contribution in [0.3, 0.4) is 0 Å². The van der Waals surface area contributed by atoms with Gasteiger partial charge in [0.2, 0.25) is 5.91 Å². The summed E-state index contributed by atoms with van der Waals surface area (Å²) in [5.74, 6) is 0.647. The highest BCUT2D eigenvalue weighted by molar-refractivity contribution is 5.76. The highest BCUT2D eigenvalue weighted by atomic mass is 16.2. The summed E-state index contributed by atoms with van der Waals surface area (Å²) in [7, 11) is 0. The van der Waals surface area contributed by atoms with E-state index in [1.807, 2.05) is 0 Å². The molecule has 1 saturated carbocycles. The molecule has 1 atom stereocenters. The largest absolute Gasteiger partial charge is 0.396 e. The summed E-state index contributed by atoms with van der Waals surface area (Å²) in [6.07, 6.45) is 8.26. The van der Waals surface area contributed by atoms with Gasteiger partial charge < -0.3 is 11.1 Å². The van der Waals surface area contributed by atoms with E-state index in [0.717, 1.165) is 0 Å². The Bertz CT molecular complexity index is 382. The lowest BCUT2D eigenvalue weighted by atomic mass is 10.00. The molecule has 0 aromatic carbocycles. The van der Waals surface area contributed by atoms with Gasteiger partial charge in [0.05, 0.1) is 11.9 Å². The normalized spacial score (nSPS) is 18.2. The maximum absolute atomic E-state index is 11.8. The monoisotopic (exact) mass is 236 g/mol. The predicted molar refractivity (Wildman–Crippen MR) is 66.2 cm³/mol. The standard InChI is InChI=1S/C12H20N4O/c1-9(10-4-2-3-5-10)15-12(17)8-16-7-11(13)6-14-16/h6-7,9-10H,2-5,8,13H2,1H3,(H,15,17). The fourth-order valence-corrected chi connectivity index (χ4v) is 2.49. The number of aromatic nitrogens is 2. The maximum Gasteiger partial charge on any atom is 0.241 e. The van der Waals surface area contributed by atoms with Crippen LogP contribution in [0.4, 0.5) is 5.69 Å². The smallest absolute Gasteiger partial charge is 0.241 e. The van der Waals surface area contributed by atoms with E-state index in [1.54, 1.807) is 17.1 Å². The van der Waals surface area contributed by atoms with Crippen molar-refractivity contribution in [3.63, 3.8) is 0 Å². The molecule has 1 aliphatic carbocycles. The summed E-state index contributed by atoms with van der Waals surface area (Å²) in [5.41, 5.74) is 6.12. The molecule has 0 saturated heterocycles. The average Bonchev–Trinajstić information content (AvgIpc) is 2.89. The van der Waals surface area contributed by atoms with Gasteiger partial charge in [-0.05, 0) is 25.7 Å². The quantitative estimate of drug-likeness (QED) is 0.824. The molecular weight excluding hydrogens is 216 g/mol. The Morgan fingerprint density at radius 3 is 2.94 bits per heavy atom. The molecule has 0 aliphatic heterocycles. The number of amides is 1. The van der Waals surface area contributed by atoms with Gasteiger partial charge >= 0.3 is 0 Å². The number of anilines is 1. The highest BCUT2D eigenvalue weighted by Crippen LogP contribution is 2.27. The number of nitrogens with two attached hydrogens (primary N) is 1. The molecule has 0 spiro atoms. The molecule has 1 fully saturated rings. The van der Waals surface area contributed by atoms with E-state index in [9.17, 15) is 4.79 Å². The van der Waals surface area contributed by atoms with Crippen LogP contribution < -0.4 is 11.1 Å². The molecule has 0 radical (unpaired) electrons. The molecule has 1 amide bonds. The van der Waals surface area contributed by atoms with E-state index in [2.05, 4.69) is 17.3 Å². The van der Waals surface area contributed by atoms with E-state index in [4.69, 9.17) is 5.73 Å². The predicted octanol–water partition coefficient (Wildman–Crippen LogP) is 1.16. The first-order chi connectivity index (χ1) is 8.15. The van der Waals surface area contributed by atoms with Crippen LogP contribution >= 0.6 is 0 Å². The van der Waals surface area contributed by atoms with Gasteiger partial charge in [-0.3, -0.25) is 9.48 Å². The van der Waals surface area contributed by atoms with Gasteiger partial charge in [0, 0.05) is 12.2 Å². The molecule has 1 unspecified atom stereocenters. The molecule has 5 nitrogen and oxygen atoms in total. The van der Waals surface area contributed by atoms with Crippen LogP contribution in [0, 0.1) is 5.92 Å². The Morgan fingerprint density at radius 1 is 1.65 bits per heavy atom. The number of nitrogens with zero attached hydrogens (tertiary/aromatic N) is 2. The summed E-state index contributed by atoms with van der Waals surface area (Å²) in [6.45, 7) is 2.33. The van der Waals surface area contributed by atoms with Crippen molar-refractivity contribution in [1.29, 1.82) is 0 Å². The van der Waals surface area contributed by atoms with E-state index in [1.165, 1.54) is 25.7 Å². The SMILES string of the molecule is CC(NC(=O)Cn1cc(N)cn1)C1CCCC1. The highest BCUT2D eigenvalue weighted by Gasteiger charge is 2.22. The van der Waals surface area contributed by atoms with Crippen molar-refractivity contribution in [3.05, 3.63) is 12.4 Å². The summed E-state index contributed by atoms with van der Waals surface area (Å²) < 4.78 is 1.56. The van der Waals surface area contributed by atoms with Crippen LogP contribution in [0.1, 0.15) is 32.6 Å². The first-order valence-electron chi connectivity index (χ1n) is 6.22. The number of carbonyl (C=O) groups is 1. The third-order valence-corrected chi connectivity index (χ3v) is 3.45. The van der Waals surface area contributed by atoms with Crippen LogP contribution in [0.25, 0.3) is 0 Å². The second kappa shape index (κ2) is 5.21. The third kappa shape index (κ3) is 3.22. The minimum absolute atomic E-state index is 0.00694. The zero-order valence-corrected chi connectivity index (χ0v) is 10.2. The summed E-state index contributed by atoms with van der Waals surface area (Å²) in [4.78, 5) is 11.8. The summed E-state index contributed by atoms with van der Waals surface area (Å²) in [6, 6.07) is 0.262. The molecule has 17 heavy (non-hydrogen) atoms. The molecule has 5 heteroatoms. The van der Waals surface area contributed by atoms with Gasteiger partial charge in [-0.2, -0.15) is 5.10 Å². The molecule has 1 aromatic rings. The van der Waals surface area contributed by atoms with Crippen LogP contribution in [0.15, 0.2) is 12.4 Å². The lowest BCUT2D eigenvalue weighted by Crippen LogP contribution is -2.39. The number of nitrogen functional groups attached to an aromatic ring is 1.